The molecule has 1 aromatic carbocycles. The first kappa shape index (κ1) is 11.3. The van der Waals surface area contributed by atoms with Gasteiger partial charge in [-0.05, 0) is 18.2 Å². The van der Waals surface area contributed by atoms with E-state index in [1.165, 1.54) is 12.3 Å². The summed E-state index contributed by atoms with van der Waals surface area (Å²) in [6.07, 6.45) is 2.96. The van der Waals surface area contributed by atoms with Gasteiger partial charge in [0.2, 0.25) is 0 Å². The van der Waals surface area contributed by atoms with Gasteiger partial charge in [0, 0.05) is 12.6 Å². The number of rotatable bonds is 2. The molecule has 0 fully saturated rings. The summed E-state index contributed by atoms with van der Waals surface area (Å²) in [5.41, 5.74) is 3.27. The third-order valence-corrected chi connectivity index (χ3v) is 2.92. The number of aromatic nitrogens is 4. The van der Waals surface area contributed by atoms with Crippen LogP contribution in [0.15, 0.2) is 36.8 Å². The van der Waals surface area contributed by atoms with Crippen LogP contribution in [0.3, 0.4) is 0 Å². The van der Waals surface area contributed by atoms with E-state index < -0.39 is 5.97 Å². The number of carbonyl (C=O) groups is 1. The number of hydrogen-bond acceptors (Lipinski definition) is 4. The third kappa shape index (κ3) is 1.93. The number of carboxylic acid groups (broad SMARTS) is 1. The highest BCUT2D eigenvalue weighted by Crippen LogP contribution is 2.22. The highest BCUT2D eigenvalue weighted by atomic mass is 16.4. The molecular weight excluding hydrogens is 244 g/mol. The lowest BCUT2D eigenvalue weighted by molar-refractivity contribution is 0.0696. The average Bonchev–Trinajstić information content (AvgIpc) is 2.80. The summed E-state index contributed by atoms with van der Waals surface area (Å²) in [6, 6.07) is 7.16. The second-order valence-electron chi connectivity index (χ2n) is 4.19. The van der Waals surface area contributed by atoms with Crippen molar-refractivity contribution in [3.63, 3.8) is 0 Å². The molecule has 94 valence electrons. The molecule has 6 nitrogen and oxygen atoms in total. The van der Waals surface area contributed by atoms with E-state index in [9.17, 15) is 4.79 Å². The number of carboxylic acids is 1. The quantitative estimate of drug-likeness (QED) is 0.753. The molecule has 0 aliphatic heterocycles. The topological polar surface area (TPSA) is 80.9 Å². The zero-order chi connectivity index (χ0) is 13.4. The number of aryl methyl sites for hydroxylation is 1. The molecule has 0 aliphatic carbocycles. The van der Waals surface area contributed by atoms with Crippen LogP contribution < -0.4 is 0 Å². The largest absolute Gasteiger partial charge is 0.478 e. The molecule has 0 radical (unpaired) electrons. The van der Waals surface area contributed by atoms with E-state index in [2.05, 4.69) is 15.2 Å². The van der Waals surface area contributed by atoms with E-state index in [-0.39, 0.29) is 5.56 Å². The van der Waals surface area contributed by atoms with E-state index >= 15 is 0 Å². The maximum absolute atomic E-state index is 10.9. The van der Waals surface area contributed by atoms with Gasteiger partial charge in [0.15, 0.2) is 0 Å². The smallest absolute Gasteiger partial charge is 0.337 e. The van der Waals surface area contributed by atoms with Crippen LogP contribution in [0.2, 0.25) is 0 Å². The Morgan fingerprint density at radius 2 is 2.16 bits per heavy atom. The minimum absolute atomic E-state index is 0.117. The number of hydrogen-bond donors (Lipinski definition) is 1. The first-order valence-electron chi connectivity index (χ1n) is 5.62. The molecule has 0 amide bonds. The number of benzene rings is 1. The zero-order valence-electron chi connectivity index (χ0n) is 10.1. The number of aromatic carboxylic acids is 1. The zero-order valence-corrected chi connectivity index (χ0v) is 10.1. The molecule has 0 spiro atoms. The van der Waals surface area contributed by atoms with Gasteiger partial charge >= 0.3 is 5.97 Å². The maximum Gasteiger partial charge on any atom is 0.337 e. The van der Waals surface area contributed by atoms with Gasteiger partial charge in [-0.1, -0.05) is 6.07 Å². The molecule has 0 atom stereocenters. The lowest BCUT2D eigenvalue weighted by atomic mass is 10.1. The van der Waals surface area contributed by atoms with Crippen LogP contribution in [0.5, 0.6) is 0 Å². The van der Waals surface area contributed by atoms with Crippen molar-refractivity contribution in [3.05, 3.63) is 42.4 Å². The fourth-order valence-electron chi connectivity index (χ4n) is 1.92. The lowest BCUT2D eigenvalue weighted by Gasteiger charge is -2.01. The third-order valence-electron chi connectivity index (χ3n) is 2.92. The molecule has 0 saturated carbocycles. The van der Waals surface area contributed by atoms with Crippen molar-refractivity contribution in [2.75, 3.05) is 0 Å². The van der Waals surface area contributed by atoms with Crippen LogP contribution in [0.1, 0.15) is 10.4 Å². The SMILES string of the molecule is Cn1cnc2cc(-c3cc(C(=O)O)cnn3)ccc21. The molecular formula is C13H10N4O2. The van der Waals surface area contributed by atoms with Gasteiger partial charge in [0.05, 0.1) is 34.8 Å². The van der Waals surface area contributed by atoms with Crippen molar-refractivity contribution in [2.24, 2.45) is 7.05 Å². The van der Waals surface area contributed by atoms with Crippen LogP contribution in [0, 0.1) is 0 Å². The molecule has 6 heteroatoms. The molecule has 0 aliphatic rings. The molecule has 0 unspecified atom stereocenters. The Kier molecular flexibility index (Phi) is 2.49. The molecule has 3 aromatic rings. The predicted molar refractivity (Wildman–Crippen MR) is 68.7 cm³/mol. The van der Waals surface area contributed by atoms with Gasteiger partial charge in [0.25, 0.3) is 0 Å². The Bertz CT molecular complexity index is 779. The van der Waals surface area contributed by atoms with E-state index in [1.807, 2.05) is 29.8 Å². The van der Waals surface area contributed by atoms with Crippen molar-refractivity contribution in [2.45, 2.75) is 0 Å². The monoisotopic (exact) mass is 254 g/mol. The summed E-state index contributed by atoms with van der Waals surface area (Å²) in [7, 11) is 1.92. The molecule has 2 heterocycles. The van der Waals surface area contributed by atoms with Crippen molar-refractivity contribution in [1.29, 1.82) is 0 Å². The molecule has 1 N–H and O–H groups in total. The Hall–Kier alpha value is -2.76. The van der Waals surface area contributed by atoms with Crippen LogP contribution in [-0.2, 0) is 7.05 Å². The van der Waals surface area contributed by atoms with Crippen molar-refractivity contribution < 1.29 is 9.90 Å². The average molecular weight is 254 g/mol. The Morgan fingerprint density at radius 1 is 1.32 bits per heavy atom. The van der Waals surface area contributed by atoms with Gasteiger partial charge in [-0.15, -0.1) is 0 Å². The molecule has 3 rings (SSSR count). The number of imidazole rings is 1. The Labute approximate surface area is 108 Å². The van der Waals surface area contributed by atoms with Crippen LogP contribution in [0.25, 0.3) is 22.3 Å². The minimum atomic E-state index is -1.02. The van der Waals surface area contributed by atoms with Gasteiger partial charge in [0.1, 0.15) is 0 Å². The standard InChI is InChI=1S/C13H10N4O2/c1-17-7-14-11-4-8(2-3-12(11)17)10-5-9(13(18)19)6-15-16-10/h2-7H,1H3,(H,18,19). The number of fused-ring (bicyclic) bond motifs is 1. The second-order valence-corrected chi connectivity index (χ2v) is 4.19. The Balaban J connectivity index is 2.13. The predicted octanol–water partition coefficient (Wildman–Crippen LogP) is 1.73. The van der Waals surface area contributed by atoms with Crippen LogP contribution in [0.4, 0.5) is 0 Å². The summed E-state index contributed by atoms with van der Waals surface area (Å²) >= 11 is 0. The highest BCUT2D eigenvalue weighted by Gasteiger charge is 2.08. The van der Waals surface area contributed by atoms with Gasteiger partial charge < -0.3 is 9.67 Å². The van der Waals surface area contributed by atoms with E-state index in [4.69, 9.17) is 5.11 Å². The Morgan fingerprint density at radius 3 is 2.95 bits per heavy atom. The molecule has 2 aromatic heterocycles. The second kappa shape index (κ2) is 4.16. The van der Waals surface area contributed by atoms with E-state index in [0.29, 0.717) is 5.69 Å². The fourth-order valence-corrected chi connectivity index (χ4v) is 1.92. The first-order valence-corrected chi connectivity index (χ1v) is 5.62. The van der Waals surface area contributed by atoms with Crippen LogP contribution >= 0.6 is 0 Å². The minimum Gasteiger partial charge on any atom is -0.478 e. The summed E-state index contributed by atoms with van der Waals surface area (Å²) < 4.78 is 1.92. The van der Waals surface area contributed by atoms with Gasteiger partial charge in [-0.25, -0.2) is 9.78 Å². The van der Waals surface area contributed by atoms with Crippen molar-refractivity contribution >= 4 is 17.0 Å². The van der Waals surface area contributed by atoms with Gasteiger partial charge in [-0.3, -0.25) is 0 Å². The van der Waals surface area contributed by atoms with Crippen molar-refractivity contribution in [3.8, 4) is 11.3 Å². The normalized spacial score (nSPS) is 10.8. The fraction of sp³-hybridized carbons (Fsp3) is 0.0769. The molecule has 19 heavy (non-hydrogen) atoms. The lowest BCUT2D eigenvalue weighted by Crippen LogP contribution is -1.99. The number of nitrogens with zero attached hydrogens (tertiary/aromatic N) is 4. The summed E-state index contributed by atoms with van der Waals surface area (Å²) in [5, 5.41) is 16.6. The molecule has 0 saturated heterocycles. The first-order chi connectivity index (χ1) is 9.15. The van der Waals surface area contributed by atoms with Crippen LogP contribution in [-0.4, -0.2) is 30.8 Å². The summed E-state index contributed by atoms with van der Waals surface area (Å²) in [5.74, 6) is -1.02. The van der Waals surface area contributed by atoms with Crippen molar-refractivity contribution in [1.82, 2.24) is 19.7 Å². The molecule has 0 bridgehead atoms. The maximum atomic E-state index is 10.9. The van der Waals surface area contributed by atoms with E-state index in [1.54, 1.807) is 6.33 Å². The summed E-state index contributed by atoms with van der Waals surface area (Å²) in [4.78, 5) is 15.2. The summed E-state index contributed by atoms with van der Waals surface area (Å²) in [6.45, 7) is 0. The van der Waals surface area contributed by atoms with E-state index in [0.717, 1.165) is 16.6 Å². The van der Waals surface area contributed by atoms with Gasteiger partial charge in [-0.2, -0.15) is 10.2 Å². The highest BCUT2D eigenvalue weighted by molar-refractivity contribution is 5.89.